The van der Waals surface area contributed by atoms with Crippen LogP contribution in [0.25, 0.3) is 21.8 Å². The van der Waals surface area contributed by atoms with E-state index in [1.165, 1.54) is 6.07 Å². The smallest absolute Gasteiger partial charge is 0.189 e. The molecule has 0 unspecified atom stereocenters. The summed E-state index contributed by atoms with van der Waals surface area (Å²) in [5.41, 5.74) is 1.93. The van der Waals surface area contributed by atoms with Crippen LogP contribution in [0.3, 0.4) is 0 Å². The van der Waals surface area contributed by atoms with Crippen molar-refractivity contribution in [1.29, 1.82) is 0 Å². The molecule has 0 spiro atoms. The number of rotatable bonds is 1. The molecule has 4 aromatic rings. The highest BCUT2D eigenvalue weighted by atomic mass is 16.5. The number of methoxy groups -OCH3 is 1. The van der Waals surface area contributed by atoms with Crippen LogP contribution in [-0.4, -0.2) is 17.1 Å². The number of aromatic nitrogens is 2. The van der Waals surface area contributed by atoms with Crippen molar-refractivity contribution in [2.45, 2.75) is 0 Å². The summed E-state index contributed by atoms with van der Waals surface area (Å²) in [5.74, 6) is 0.876. The van der Waals surface area contributed by atoms with Crippen LogP contribution < -0.4 is 10.2 Å². The number of benzene rings is 2. The standard InChI is InChI=1S/C10H9NO.C9H7NO/c1-12-10-6-7-11-9-5-3-2-4-8(9)10;11-9-5-6-10-8-4-2-1-3-7(8)9/h2-7H,1H3;1-6H,(H,10,11). The van der Waals surface area contributed by atoms with E-state index < -0.39 is 0 Å². The van der Waals surface area contributed by atoms with Gasteiger partial charge in [-0.05, 0) is 30.3 Å². The van der Waals surface area contributed by atoms with Gasteiger partial charge in [0.25, 0.3) is 0 Å². The van der Waals surface area contributed by atoms with Gasteiger partial charge >= 0.3 is 0 Å². The van der Waals surface area contributed by atoms with E-state index in [9.17, 15) is 4.79 Å². The van der Waals surface area contributed by atoms with Gasteiger partial charge in [-0.25, -0.2) is 0 Å². The van der Waals surface area contributed by atoms with Crippen molar-refractivity contribution >= 4 is 21.8 Å². The van der Waals surface area contributed by atoms with E-state index >= 15 is 0 Å². The Bertz CT molecular complexity index is 982. The molecule has 4 heteroatoms. The zero-order valence-electron chi connectivity index (χ0n) is 12.7. The lowest BCUT2D eigenvalue weighted by molar-refractivity contribution is 0.419. The molecule has 4 nitrogen and oxygen atoms in total. The lowest BCUT2D eigenvalue weighted by Crippen LogP contribution is -1.98. The Hall–Kier alpha value is -3.14. The largest absolute Gasteiger partial charge is 0.496 e. The zero-order chi connectivity index (χ0) is 16.1. The van der Waals surface area contributed by atoms with Gasteiger partial charge in [0, 0.05) is 34.7 Å². The van der Waals surface area contributed by atoms with Crippen LogP contribution in [0.2, 0.25) is 0 Å². The quantitative estimate of drug-likeness (QED) is 0.582. The minimum Gasteiger partial charge on any atom is -0.496 e. The molecule has 2 aromatic heterocycles. The Balaban J connectivity index is 0.000000136. The second kappa shape index (κ2) is 6.75. The number of pyridine rings is 2. The molecule has 0 aliphatic heterocycles. The Kier molecular flexibility index (Phi) is 4.34. The van der Waals surface area contributed by atoms with Crippen LogP contribution in [-0.2, 0) is 0 Å². The lowest BCUT2D eigenvalue weighted by Gasteiger charge is -2.02. The normalized spacial score (nSPS) is 10.1. The Morgan fingerprint density at radius 3 is 2.43 bits per heavy atom. The fraction of sp³-hybridized carbons (Fsp3) is 0.0526. The maximum atomic E-state index is 11.2. The molecule has 0 atom stereocenters. The zero-order valence-corrected chi connectivity index (χ0v) is 12.7. The number of aromatic amines is 1. The number of nitrogens with zero attached hydrogens (tertiary/aromatic N) is 1. The van der Waals surface area contributed by atoms with Gasteiger partial charge in [0.05, 0.1) is 12.6 Å². The minimum atomic E-state index is 0.0688. The van der Waals surface area contributed by atoms with Crippen LogP contribution in [0.5, 0.6) is 5.75 Å². The van der Waals surface area contributed by atoms with Gasteiger partial charge in [0.1, 0.15) is 5.75 Å². The Morgan fingerprint density at radius 2 is 1.65 bits per heavy atom. The van der Waals surface area contributed by atoms with Crippen molar-refractivity contribution in [3.63, 3.8) is 0 Å². The molecule has 0 saturated heterocycles. The van der Waals surface area contributed by atoms with Crippen molar-refractivity contribution in [2.75, 3.05) is 7.11 Å². The van der Waals surface area contributed by atoms with Gasteiger partial charge in [-0.1, -0.05) is 24.3 Å². The summed E-state index contributed by atoms with van der Waals surface area (Å²) in [6, 6.07) is 18.8. The van der Waals surface area contributed by atoms with Crippen LogP contribution in [0, 0.1) is 0 Å². The number of para-hydroxylation sites is 2. The van der Waals surface area contributed by atoms with Crippen molar-refractivity contribution < 1.29 is 4.74 Å². The van der Waals surface area contributed by atoms with E-state index in [1.807, 2.05) is 54.6 Å². The van der Waals surface area contributed by atoms with Crippen LogP contribution >= 0.6 is 0 Å². The number of nitrogens with one attached hydrogen (secondary N) is 1. The number of ether oxygens (including phenoxy) is 1. The molecule has 114 valence electrons. The first-order valence-electron chi connectivity index (χ1n) is 7.24. The van der Waals surface area contributed by atoms with Crippen molar-refractivity contribution in [1.82, 2.24) is 9.97 Å². The number of fused-ring (bicyclic) bond motifs is 2. The molecule has 0 saturated carbocycles. The predicted octanol–water partition coefficient (Wildman–Crippen LogP) is 3.77. The first-order valence-corrected chi connectivity index (χ1v) is 7.24. The third-order valence-corrected chi connectivity index (χ3v) is 3.50. The van der Waals surface area contributed by atoms with Crippen molar-refractivity contribution in [3.8, 4) is 5.75 Å². The van der Waals surface area contributed by atoms with Crippen LogP contribution in [0.15, 0.2) is 77.9 Å². The second-order valence-electron chi connectivity index (χ2n) is 4.92. The lowest BCUT2D eigenvalue weighted by atomic mass is 10.2. The summed E-state index contributed by atoms with van der Waals surface area (Å²) in [6.45, 7) is 0. The first-order chi connectivity index (χ1) is 11.3. The molecular weight excluding hydrogens is 288 g/mol. The SMILES string of the molecule is COc1ccnc2ccccc12.O=c1cc[nH]c2ccccc12. The highest BCUT2D eigenvalue weighted by Crippen LogP contribution is 2.22. The highest BCUT2D eigenvalue weighted by molar-refractivity contribution is 5.84. The molecule has 0 radical (unpaired) electrons. The van der Waals surface area contributed by atoms with E-state index in [4.69, 9.17) is 4.74 Å². The summed E-state index contributed by atoms with van der Waals surface area (Å²) in [4.78, 5) is 18.4. The molecule has 0 bridgehead atoms. The average molecular weight is 304 g/mol. The molecule has 2 heterocycles. The number of H-pyrrole nitrogens is 1. The number of hydrogen-bond donors (Lipinski definition) is 1. The molecule has 0 aliphatic rings. The fourth-order valence-electron chi connectivity index (χ4n) is 2.37. The molecule has 0 amide bonds. The number of hydrogen-bond acceptors (Lipinski definition) is 3. The van der Waals surface area contributed by atoms with Gasteiger partial charge in [0.2, 0.25) is 0 Å². The minimum absolute atomic E-state index is 0.0688. The summed E-state index contributed by atoms with van der Waals surface area (Å²) < 4.78 is 5.19. The van der Waals surface area contributed by atoms with E-state index in [1.54, 1.807) is 19.5 Å². The van der Waals surface area contributed by atoms with Crippen LogP contribution in [0.1, 0.15) is 0 Å². The third-order valence-electron chi connectivity index (χ3n) is 3.50. The third kappa shape index (κ3) is 3.21. The van der Waals surface area contributed by atoms with Gasteiger partial charge in [0.15, 0.2) is 5.43 Å². The second-order valence-corrected chi connectivity index (χ2v) is 4.92. The first kappa shape index (κ1) is 14.8. The van der Waals surface area contributed by atoms with Gasteiger partial charge < -0.3 is 9.72 Å². The van der Waals surface area contributed by atoms with Gasteiger partial charge in [-0.3, -0.25) is 9.78 Å². The van der Waals surface area contributed by atoms with Crippen molar-refractivity contribution in [2.24, 2.45) is 0 Å². The van der Waals surface area contributed by atoms with Gasteiger partial charge in [-0.2, -0.15) is 0 Å². The summed E-state index contributed by atoms with van der Waals surface area (Å²) in [5, 5.41) is 1.80. The van der Waals surface area contributed by atoms with Crippen LogP contribution in [0.4, 0.5) is 0 Å². The molecule has 4 rings (SSSR count). The van der Waals surface area contributed by atoms with Gasteiger partial charge in [-0.15, -0.1) is 0 Å². The maximum Gasteiger partial charge on any atom is 0.189 e. The molecule has 0 fully saturated rings. The van der Waals surface area contributed by atoms with E-state index in [2.05, 4.69) is 9.97 Å². The molecule has 2 aromatic carbocycles. The monoisotopic (exact) mass is 304 g/mol. The molecule has 23 heavy (non-hydrogen) atoms. The molecule has 0 aliphatic carbocycles. The average Bonchev–Trinajstić information content (AvgIpc) is 2.62. The predicted molar refractivity (Wildman–Crippen MR) is 92.9 cm³/mol. The Morgan fingerprint density at radius 1 is 0.913 bits per heavy atom. The fourth-order valence-corrected chi connectivity index (χ4v) is 2.37. The summed E-state index contributed by atoms with van der Waals surface area (Å²) >= 11 is 0. The van der Waals surface area contributed by atoms with E-state index in [0.717, 1.165) is 27.6 Å². The summed E-state index contributed by atoms with van der Waals surface area (Å²) in [7, 11) is 1.67. The van der Waals surface area contributed by atoms with E-state index in [-0.39, 0.29) is 5.43 Å². The molecular formula is C19H16N2O2. The maximum absolute atomic E-state index is 11.2. The van der Waals surface area contributed by atoms with E-state index in [0.29, 0.717) is 0 Å². The Labute approximate surface area is 133 Å². The van der Waals surface area contributed by atoms with Crippen molar-refractivity contribution in [3.05, 3.63) is 83.3 Å². The summed E-state index contributed by atoms with van der Waals surface area (Å²) in [6.07, 6.45) is 3.41. The topological polar surface area (TPSA) is 55.0 Å². The molecule has 1 N–H and O–H groups in total. The highest BCUT2D eigenvalue weighted by Gasteiger charge is 1.98.